The maximum Gasteiger partial charge on any atom is 0.272 e. The lowest BCUT2D eigenvalue weighted by atomic mass is 10.1. The summed E-state index contributed by atoms with van der Waals surface area (Å²) >= 11 is 7.75. The van der Waals surface area contributed by atoms with E-state index in [-0.39, 0.29) is 4.88 Å². The highest BCUT2D eigenvalue weighted by molar-refractivity contribution is 9.10. The number of hydrogen-bond acceptors (Lipinski definition) is 2. The van der Waals surface area contributed by atoms with E-state index in [1.807, 2.05) is 28.8 Å². The van der Waals surface area contributed by atoms with E-state index in [1.54, 1.807) is 12.1 Å². The zero-order valence-electron chi connectivity index (χ0n) is 13.9. The van der Waals surface area contributed by atoms with E-state index in [1.165, 1.54) is 12.1 Å². The van der Waals surface area contributed by atoms with E-state index in [0.717, 1.165) is 26.7 Å². The van der Waals surface area contributed by atoms with Gasteiger partial charge in [-0.15, -0.1) is 11.3 Å². The number of nitrogens with zero attached hydrogens (tertiary/aromatic N) is 1. The number of halogens is 5. The molecule has 0 aliphatic carbocycles. The monoisotopic (exact) mass is 527 g/mol. The molecule has 1 atom stereocenters. The van der Waals surface area contributed by atoms with Crippen molar-refractivity contribution in [3.8, 4) is 17.0 Å². The van der Waals surface area contributed by atoms with E-state index >= 15 is 0 Å². The molecule has 0 amide bonds. The number of fused-ring (bicyclic) bond motifs is 5. The molecule has 0 spiro atoms. The van der Waals surface area contributed by atoms with Gasteiger partial charge in [-0.3, -0.25) is 4.57 Å². The van der Waals surface area contributed by atoms with Gasteiger partial charge >= 0.3 is 0 Å². The number of alkyl halides is 2. The Morgan fingerprint density at radius 1 is 1.00 bits per heavy atom. The standard InChI is InChI=1S/C20H10Br2F3NOS/c21-10-1-2-13-9(5-10)6-14-18-12(23)7-11(22)8-15(18)27-20(26(13)14)17-4-3-16(28-17)19(24)25/h1-8,19-20H. The molecular formula is C20H10Br2F3NOS. The Labute approximate surface area is 178 Å². The topological polar surface area (TPSA) is 14.2 Å². The molecule has 1 aliphatic heterocycles. The quantitative estimate of drug-likeness (QED) is 0.258. The molecule has 1 aliphatic rings. The summed E-state index contributed by atoms with van der Waals surface area (Å²) in [5.74, 6) is -0.0383. The Kier molecular flexibility index (Phi) is 4.33. The summed E-state index contributed by atoms with van der Waals surface area (Å²) in [5, 5.41) is 0.902. The van der Waals surface area contributed by atoms with Crippen LogP contribution < -0.4 is 4.74 Å². The van der Waals surface area contributed by atoms with Gasteiger partial charge in [-0.1, -0.05) is 31.9 Å². The first-order valence-electron chi connectivity index (χ1n) is 8.26. The predicted octanol–water partition coefficient (Wildman–Crippen LogP) is 7.91. The van der Waals surface area contributed by atoms with E-state index < -0.39 is 18.5 Å². The minimum absolute atomic E-state index is 0.0226. The Bertz CT molecular complexity index is 1230. The number of rotatable bonds is 2. The van der Waals surface area contributed by atoms with E-state index in [9.17, 15) is 13.2 Å². The number of thiophene rings is 1. The highest BCUT2D eigenvalue weighted by Gasteiger charge is 2.32. The van der Waals surface area contributed by atoms with Gasteiger partial charge in [0.1, 0.15) is 11.6 Å². The second-order valence-corrected chi connectivity index (χ2v) is 9.35. The lowest BCUT2D eigenvalue weighted by Crippen LogP contribution is -2.21. The third-order valence-corrected chi connectivity index (χ3v) is 6.73. The van der Waals surface area contributed by atoms with Crippen molar-refractivity contribution in [2.24, 2.45) is 0 Å². The molecule has 0 N–H and O–H groups in total. The van der Waals surface area contributed by atoms with Crippen molar-refractivity contribution < 1.29 is 17.9 Å². The lowest BCUT2D eigenvalue weighted by molar-refractivity contribution is 0.155. The van der Waals surface area contributed by atoms with Crippen LogP contribution in [0, 0.1) is 5.82 Å². The van der Waals surface area contributed by atoms with Crippen LogP contribution in [0.25, 0.3) is 22.2 Å². The molecule has 2 nitrogen and oxygen atoms in total. The molecule has 28 heavy (non-hydrogen) atoms. The average molecular weight is 529 g/mol. The SMILES string of the molecule is Fc1cc(Br)cc2c1-c1cc3cc(Br)ccc3n1C(c1ccc(C(F)F)s1)O2. The Balaban J connectivity index is 1.80. The van der Waals surface area contributed by atoms with Crippen LogP contribution >= 0.6 is 43.2 Å². The van der Waals surface area contributed by atoms with E-state index in [0.29, 0.717) is 26.4 Å². The Hall–Kier alpha value is -1.77. The van der Waals surface area contributed by atoms with Gasteiger partial charge in [0, 0.05) is 14.3 Å². The molecule has 0 saturated heterocycles. The van der Waals surface area contributed by atoms with Crippen LogP contribution in [0.4, 0.5) is 13.2 Å². The summed E-state index contributed by atoms with van der Waals surface area (Å²) < 4.78 is 50.5. The van der Waals surface area contributed by atoms with E-state index in [2.05, 4.69) is 31.9 Å². The van der Waals surface area contributed by atoms with Crippen LogP contribution in [-0.4, -0.2) is 4.57 Å². The number of aromatic nitrogens is 1. The molecular weight excluding hydrogens is 519 g/mol. The molecule has 3 heterocycles. The molecule has 0 radical (unpaired) electrons. The van der Waals surface area contributed by atoms with Gasteiger partial charge in [0.2, 0.25) is 6.23 Å². The predicted molar refractivity (Wildman–Crippen MR) is 111 cm³/mol. The van der Waals surface area contributed by atoms with Crippen LogP contribution in [0.15, 0.2) is 57.5 Å². The van der Waals surface area contributed by atoms with Crippen molar-refractivity contribution in [3.05, 3.63) is 73.0 Å². The molecule has 0 saturated carbocycles. The van der Waals surface area contributed by atoms with Gasteiger partial charge in [0.25, 0.3) is 6.43 Å². The van der Waals surface area contributed by atoms with Crippen molar-refractivity contribution in [1.82, 2.24) is 4.57 Å². The first kappa shape index (κ1) is 18.3. The third kappa shape index (κ3) is 2.81. The molecule has 8 heteroatoms. The summed E-state index contributed by atoms with van der Waals surface area (Å²) in [6.07, 6.45) is -3.20. The smallest absolute Gasteiger partial charge is 0.272 e. The maximum absolute atomic E-state index is 14.8. The Morgan fingerprint density at radius 2 is 1.82 bits per heavy atom. The van der Waals surface area contributed by atoms with Gasteiger partial charge in [-0.2, -0.15) is 0 Å². The largest absolute Gasteiger partial charge is 0.464 e. The lowest BCUT2D eigenvalue weighted by Gasteiger charge is -2.29. The molecule has 0 bridgehead atoms. The maximum atomic E-state index is 14.8. The first-order chi connectivity index (χ1) is 13.4. The summed E-state index contributed by atoms with van der Waals surface area (Å²) in [4.78, 5) is 0.605. The van der Waals surface area contributed by atoms with Crippen molar-refractivity contribution in [2.45, 2.75) is 12.7 Å². The van der Waals surface area contributed by atoms with Gasteiger partial charge in [0.15, 0.2) is 0 Å². The van der Waals surface area contributed by atoms with Crippen molar-refractivity contribution >= 4 is 54.1 Å². The summed E-state index contributed by atoms with van der Waals surface area (Å²) in [5.41, 5.74) is 1.84. The first-order valence-corrected chi connectivity index (χ1v) is 10.7. The van der Waals surface area contributed by atoms with Crippen LogP contribution in [0.1, 0.15) is 22.4 Å². The highest BCUT2D eigenvalue weighted by Crippen LogP contribution is 2.47. The molecule has 2 aromatic heterocycles. The van der Waals surface area contributed by atoms with Gasteiger partial charge < -0.3 is 4.74 Å². The second kappa shape index (κ2) is 6.64. The normalized spacial score (nSPS) is 15.6. The minimum atomic E-state index is -2.54. The van der Waals surface area contributed by atoms with E-state index in [4.69, 9.17) is 4.74 Å². The van der Waals surface area contributed by atoms with Crippen LogP contribution in [0.3, 0.4) is 0 Å². The fraction of sp³-hybridized carbons (Fsp3) is 0.100. The molecule has 5 rings (SSSR count). The van der Waals surface area contributed by atoms with Crippen LogP contribution in [0.2, 0.25) is 0 Å². The zero-order valence-corrected chi connectivity index (χ0v) is 17.9. The fourth-order valence-electron chi connectivity index (χ4n) is 3.52. The molecule has 142 valence electrons. The van der Waals surface area contributed by atoms with Gasteiger partial charge in [-0.05, 0) is 48.5 Å². The summed E-state index contributed by atoms with van der Waals surface area (Å²) in [6.45, 7) is 0. The minimum Gasteiger partial charge on any atom is -0.464 e. The molecule has 1 unspecified atom stereocenters. The number of hydrogen-bond donors (Lipinski definition) is 0. The summed E-state index contributed by atoms with van der Waals surface area (Å²) in [6, 6.07) is 13.8. The Morgan fingerprint density at radius 3 is 2.57 bits per heavy atom. The van der Waals surface area contributed by atoms with Gasteiger partial charge in [0.05, 0.1) is 26.5 Å². The zero-order chi connectivity index (χ0) is 19.6. The molecule has 4 aromatic rings. The number of ether oxygens (including phenoxy) is 1. The third-order valence-electron chi connectivity index (χ3n) is 4.65. The second-order valence-electron chi connectivity index (χ2n) is 6.37. The van der Waals surface area contributed by atoms with Crippen molar-refractivity contribution in [1.29, 1.82) is 0 Å². The van der Waals surface area contributed by atoms with Crippen LogP contribution in [0.5, 0.6) is 5.75 Å². The average Bonchev–Trinajstić information content (AvgIpc) is 3.24. The van der Waals surface area contributed by atoms with Crippen LogP contribution in [-0.2, 0) is 0 Å². The molecule has 2 aromatic carbocycles. The fourth-order valence-corrected chi connectivity index (χ4v) is 5.20. The van der Waals surface area contributed by atoms with Gasteiger partial charge in [-0.25, -0.2) is 13.2 Å². The number of benzene rings is 2. The van der Waals surface area contributed by atoms with Crippen molar-refractivity contribution in [3.63, 3.8) is 0 Å². The molecule has 0 fully saturated rings. The summed E-state index contributed by atoms with van der Waals surface area (Å²) in [7, 11) is 0. The van der Waals surface area contributed by atoms with Crippen molar-refractivity contribution in [2.75, 3.05) is 0 Å². The highest BCUT2D eigenvalue weighted by atomic mass is 79.9.